The van der Waals surface area contributed by atoms with Gasteiger partial charge in [-0.25, -0.2) is 0 Å². The summed E-state index contributed by atoms with van der Waals surface area (Å²) < 4.78 is 5.88. The standard InChI is InChI=1S/C24H34O5S2/c1-2-3-4-5-6-7-8-9-12-17-29-21-14-11-10-13-20(21)24(30-18-15-22(25)26)31-19-16-23(27)28/h6-7,9-14,24H,2-5,8,15-19H2,1H3,(H,25,26)(H,27,28)/b7-6+,12-9+. The van der Waals surface area contributed by atoms with Gasteiger partial charge in [0, 0.05) is 17.1 Å². The zero-order chi connectivity index (χ0) is 22.7. The van der Waals surface area contributed by atoms with Crippen LogP contribution in [0.25, 0.3) is 0 Å². The summed E-state index contributed by atoms with van der Waals surface area (Å²) in [7, 11) is 0. The number of benzene rings is 1. The Labute approximate surface area is 194 Å². The van der Waals surface area contributed by atoms with Crippen LogP contribution in [0.2, 0.25) is 0 Å². The molecule has 0 atom stereocenters. The molecule has 0 aliphatic rings. The molecule has 0 aliphatic carbocycles. The molecule has 0 aliphatic heterocycles. The number of aliphatic carboxylic acids is 2. The van der Waals surface area contributed by atoms with Gasteiger partial charge in [0.05, 0.1) is 17.4 Å². The van der Waals surface area contributed by atoms with Crippen molar-refractivity contribution >= 4 is 35.5 Å². The zero-order valence-electron chi connectivity index (χ0n) is 18.2. The van der Waals surface area contributed by atoms with Gasteiger partial charge in [-0.05, 0) is 25.3 Å². The zero-order valence-corrected chi connectivity index (χ0v) is 19.8. The molecule has 31 heavy (non-hydrogen) atoms. The molecule has 0 bridgehead atoms. The van der Waals surface area contributed by atoms with Crippen molar-refractivity contribution in [2.45, 2.75) is 56.5 Å². The third-order valence-corrected chi connectivity index (χ3v) is 7.07. The van der Waals surface area contributed by atoms with Crippen LogP contribution in [0, 0.1) is 0 Å². The minimum absolute atomic E-state index is 0.0678. The first-order chi connectivity index (χ1) is 15.0. The summed E-state index contributed by atoms with van der Waals surface area (Å²) in [5, 5.41) is 17.8. The van der Waals surface area contributed by atoms with Gasteiger partial charge in [0.2, 0.25) is 0 Å². The van der Waals surface area contributed by atoms with Crippen LogP contribution in [-0.4, -0.2) is 40.3 Å². The Balaban J connectivity index is 2.61. The first-order valence-corrected chi connectivity index (χ1v) is 12.8. The minimum Gasteiger partial charge on any atom is -0.489 e. The van der Waals surface area contributed by atoms with Gasteiger partial charge in [-0.15, -0.1) is 23.5 Å². The van der Waals surface area contributed by atoms with E-state index in [1.165, 1.54) is 42.8 Å². The predicted molar refractivity (Wildman–Crippen MR) is 131 cm³/mol. The maximum Gasteiger partial charge on any atom is 0.304 e. The van der Waals surface area contributed by atoms with Gasteiger partial charge in [0.15, 0.2) is 0 Å². The largest absolute Gasteiger partial charge is 0.489 e. The lowest BCUT2D eigenvalue weighted by Crippen LogP contribution is -2.03. The second-order valence-corrected chi connectivity index (χ2v) is 9.61. The van der Waals surface area contributed by atoms with Crippen molar-refractivity contribution in [3.63, 3.8) is 0 Å². The van der Waals surface area contributed by atoms with Crippen molar-refractivity contribution in [3.05, 3.63) is 54.1 Å². The lowest BCUT2D eigenvalue weighted by atomic mass is 10.2. The second-order valence-electron chi connectivity index (χ2n) is 6.88. The van der Waals surface area contributed by atoms with Gasteiger partial charge in [-0.1, -0.05) is 62.3 Å². The first kappa shape index (κ1) is 27.2. The van der Waals surface area contributed by atoms with Crippen LogP contribution < -0.4 is 4.74 Å². The van der Waals surface area contributed by atoms with Crippen molar-refractivity contribution in [2.24, 2.45) is 0 Å². The van der Waals surface area contributed by atoms with Gasteiger partial charge in [-0.3, -0.25) is 9.59 Å². The summed E-state index contributed by atoms with van der Waals surface area (Å²) in [5.41, 5.74) is 0.956. The van der Waals surface area contributed by atoms with E-state index in [9.17, 15) is 9.59 Å². The Morgan fingerprint density at radius 2 is 1.61 bits per heavy atom. The van der Waals surface area contributed by atoms with Crippen LogP contribution in [0.5, 0.6) is 5.75 Å². The van der Waals surface area contributed by atoms with E-state index >= 15 is 0 Å². The number of hydrogen-bond donors (Lipinski definition) is 2. The van der Waals surface area contributed by atoms with E-state index in [1.54, 1.807) is 0 Å². The number of thioether (sulfide) groups is 2. The molecule has 1 aromatic rings. The quantitative estimate of drug-likeness (QED) is 0.144. The topological polar surface area (TPSA) is 83.8 Å². The van der Waals surface area contributed by atoms with Gasteiger partial charge < -0.3 is 14.9 Å². The number of para-hydroxylation sites is 1. The molecule has 5 nitrogen and oxygen atoms in total. The fraction of sp³-hybridized carbons (Fsp3) is 0.500. The van der Waals surface area contributed by atoms with Crippen molar-refractivity contribution in [3.8, 4) is 5.75 Å². The van der Waals surface area contributed by atoms with Crippen LogP contribution in [-0.2, 0) is 9.59 Å². The summed E-state index contributed by atoms with van der Waals surface area (Å²) in [6.07, 6.45) is 14.4. The lowest BCUT2D eigenvalue weighted by molar-refractivity contribution is -0.137. The van der Waals surface area contributed by atoms with E-state index < -0.39 is 11.9 Å². The molecule has 0 amide bonds. The summed E-state index contributed by atoms with van der Waals surface area (Å²) in [6.45, 7) is 2.66. The Morgan fingerprint density at radius 3 is 2.26 bits per heavy atom. The number of carbonyl (C=O) groups is 2. The molecule has 172 valence electrons. The van der Waals surface area contributed by atoms with Gasteiger partial charge in [0.1, 0.15) is 12.4 Å². The molecule has 1 aromatic carbocycles. The van der Waals surface area contributed by atoms with Crippen LogP contribution in [0.15, 0.2) is 48.6 Å². The van der Waals surface area contributed by atoms with Gasteiger partial charge in [0.25, 0.3) is 0 Å². The Bertz CT molecular complexity index is 683. The van der Waals surface area contributed by atoms with Crippen LogP contribution in [0.3, 0.4) is 0 Å². The lowest BCUT2D eigenvalue weighted by Gasteiger charge is -2.19. The second kappa shape index (κ2) is 17.8. The van der Waals surface area contributed by atoms with Gasteiger partial charge in [-0.2, -0.15) is 0 Å². The van der Waals surface area contributed by atoms with Crippen LogP contribution in [0.4, 0.5) is 0 Å². The van der Waals surface area contributed by atoms with E-state index in [0.29, 0.717) is 18.1 Å². The average Bonchev–Trinajstić information content (AvgIpc) is 2.74. The number of carboxylic acids is 2. The minimum atomic E-state index is -0.837. The maximum atomic E-state index is 10.9. The number of hydrogen-bond acceptors (Lipinski definition) is 5. The number of carboxylic acid groups (broad SMARTS) is 2. The molecule has 0 heterocycles. The summed E-state index contributed by atoms with van der Waals surface area (Å²) in [6, 6.07) is 7.69. The molecule has 7 heteroatoms. The number of unbranched alkanes of at least 4 members (excludes halogenated alkanes) is 3. The predicted octanol–water partition coefficient (Wildman–Crippen LogP) is 6.56. The van der Waals surface area contributed by atoms with E-state index in [0.717, 1.165) is 24.2 Å². The van der Waals surface area contributed by atoms with Gasteiger partial charge >= 0.3 is 11.9 Å². The normalized spacial score (nSPS) is 11.5. The smallest absolute Gasteiger partial charge is 0.304 e. The molecule has 2 N–H and O–H groups in total. The highest BCUT2D eigenvalue weighted by Crippen LogP contribution is 2.43. The molecule has 0 saturated heterocycles. The Morgan fingerprint density at radius 1 is 0.968 bits per heavy atom. The highest BCUT2D eigenvalue weighted by molar-refractivity contribution is 8.16. The summed E-state index contributed by atoms with van der Waals surface area (Å²) in [5.74, 6) is -0.0118. The van der Waals surface area contributed by atoms with E-state index in [1.807, 2.05) is 30.3 Å². The first-order valence-electron chi connectivity index (χ1n) is 10.7. The molecule has 0 unspecified atom stereocenters. The van der Waals surface area contributed by atoms with E-state index in [2.05, 4.69) is 25.2 Å². The highest BCUT2D eigenvalue weighted by atomic mass is 32.2. The fourth-order valence-corrected chi connectivity index (χ4v) is 5.37. The monoisotopic (exact) mass is 466 g/mol. The molecule has 0 radical (unpaired) electrons. The third kappa shape index (κ3) is 13.9. The third-order valence-electron chi connectivity index (χ3n) is 4.26. The van der Waals surface area contributed by atoms with E-state index in [4.69, 9.17) is 14.9 Å². The molecule has 0 saturated carbocycles. The molecular weight excluding hydrogens is 432 g/mol. The average molecular weight is 467 g/mol. The van der Waals surface area contributed by atoms with Crippen LogP contribution in [0.1, 0.15) is 62.0 Å². The fourth-order valence-electron chi connectivity index (χ4n) is 2.65. The number of ether oxygens (including phenoxy) is 1. The van der Waals surface area contributed by atoms with E-state index in [-0.39, 0.29) is 17.4 Å². The maximum absolute atomic E-state index is 10.9. The Kier molecular flexibility index (Phi) is 15.6. The molecule has 0 aromatic heterocycles. The number of rotatable bonds is 18. The van der Waals surface area contributed by atoms with Crippen molar-refractivity contribution in [1.29, 1.82) is 0 Å². The van der Waals surface area contributed by atoms with Crippen molar-refractivity contribution in [1.82, 2.24) is 0 Å². The molecular formula is C24H34O5S2. The van der Waals surface area contributed by atoms with Crippen molar-refractivity contribution < 1.29 is 24.5 Å². The molecule has 1 rings (SSSR count). The molecule has 0 fully saturated rings. The number of allylic oxidation sites excluding steroid dienone is 3. The van der Waals surface area contributed by atoms with Crippen LogP contribution >= 0.6 is 23.5 Å². The molecule has 0 spiro atoms. The van der Waals surface area contributed by atoms with Crippen molar-refractivity contribution in [2.75, 3.05) is 18.1 Å². The Hall–Kier alpha value is -1.86. The highest BCUT2D eigenvalue weighted by Gasteiger charge is 2.18. The summed E-state index contributed by atoms with van der Waals surface area (Å²) in [4.78, 5) is 21.7. The summed E-state index contributed by atoms with van der Waals surface area (Å²) >= 11 is 3.02. The SMILES string of the molecule is CCCCC/C=C/C/C=C/COc1ccccc1C(SCCC(=O)O)SCCC(=O)O.